The standard InChI is InChI=1S/C7H14O.C2H6/c1-6-4-7(2,3)8-5-6;1-2/h6H,4-5H2,1-3H3;1-2H3/t6-;/m0./s1. The van der Waals surface area contributed by atoms with Crippen LogP contribution in [0.1, 0.15) is 41.0 Å². The van der Waals surface area contributed by atoms with Gasteiger partial charge in [-0.2, -0.15) is 0 Å². The van der Waals surface area contributed by atoms with Crippen molar-refractivity contribution in [2.45, 2.75) is 46.6 Å². The van der Waals surface area contributed by atoms with Crippen LogP contribution in [0.2, 0.25) is 0 Å². The van der Waals surface area contributed by atoms with Gasteiger partial charge in [-0.05, 0) is 26.2 Å². The lowest BCUT2D eigenvalue weighted by Gasteiger charge is -2.14. The maximum atomic E-state index is 5.45. The van der Waals surface area contributed by atoms with E-state index in [-0.39, 0.29) is 5.60 Å². The summed E-state index contributed by atoms with van der Waals surface area (Å²) in [5, 5.41) is 0. The Kier molecular flexibility index (Phi) is 3.95. The first-order valence-corrected chi connectivity index (χ1v) is 4.24. The van der Waals surface area contributed by atoms with E-state index in [1.165, 1.54) is 6.42 Å². The molecule has 0 radical (unpaired) electrons. The third-order valence-corrected chi connectivity index (χ3v) is 1.60. The summed E-state index contributed by atoms with van der Waals surface area (Å²) in [4.78, 5) is 0. The first-order valence-electron chi connectivity index (χ1n) is 4.24. The Balaban J connectivity index is 0.000000371. The summed E-state index contributed by atoms with van der Waals surface area (Å²) < 4.78 is 5.45. The van der Waals surface area contributed by atoms with Gasteiger partial charge in [-0.15, -0.1) is 0 Å². The summed E-state index contributed by atoms with van der Waals surface area (Å²) in [6.07, 6.45) is 1.22. The van der Waals surface area contributed by atoms with E-state index in [2.05, 4.69) is 20.8 Å². The first-order chi connectivity index (χ1) is 4.60. The minimum absolute atomic E-state index is 0.166. The highest BCUT2D eigenvalue weighted by molar-refractivity contribution is 4.77. The summed E-state index contributed by atoms with van der Waals surface area (Å²) in [6, 6.07) is 0. The molecule has 0 aromatic carbocycles. The maximum Gasteiger partial charge on any atom is 0.0630 e. The van der Waals surface area contributed by atoms with E-state index in [4.69, 9.17) is 4.74 Å². The van der Waals surface area contributed by atoms with Crippen molar-refractivity contribution in [2.75, 3.05) is 6.61 Å². The Hall–Kier alpha value is -0.0400. The molecule has 10 heavy (non-hydrogen) atoms. The predicted octanol–water partition coefficient (Wildman–Crippen LogP) is 2.85. The smallest absolute Gasteiger partial charge is 0.0630 e. The fourth-order valence-electron chi connectivity index (χ4n) is 1.32. The van der Waals surface area contributed by atoms with E-state index >= 15 is 0 Å². The van der Waals surface area contributed by atoms with Crippen molar-refractivity contribution in [3.05, 3.63) is 0 Å². The number of ether oxygens (including phenoxy) is 1. The largest absolute Gasteiger partial charge is 0.375 e. The van der Waals surface area contributed by atoms with Crippen LogP contribution in [0.4, 0.5) is 0 Å². The van der Waals surface area contributed by atoms with Crippen LogP contribution >= 0.6 is 0 Å². The van der Waals surface area contributed by atoms with E-state index in [0.29, 0.717) is 0 Å². The highest BCUT2D eigenvalue weighted by Gasteiger charge is 2.28. The average molecular weight is 144 g/mol. The van der Waals surface area contributed by atoms with Crippen LogP contribution in [-0.2, 0) is 4.74 Å². The van der Waals surface area contributed by atoms with Crippen molar-refractivity contribution < 1.29 is 4.74 Å². The lowest BCUT2D eigenvalue weighted by Crippen LogP contribution is -2.16. The number of rotatable bonds is 0. The van der Waals surface area contributed by atoms with Gasteiger partial charge in [-0.25, -0.2) is 0 Å². The van der Waals surface area contributed by atoms with Crippen molar-refractivity contribution >= 4 is 0 Å². The average Bonchev–Trinajstić information content (AvgIpc) is 2.15. The van der Waals surface area contributed by atoms with Crippen LogP contribution in [-0.4, -0.2) is 12.2 Å². The Morgan fingerprint density at radius 1 is 1.30 bits per heavy atom. The molecule has 1 rings (SSSR count). The molecule has 1 heterocycles. The van der Waals surface area contributed by atoms with Gasteiger partial charge in [0.2, 0.25) is 0 Å². The number of hydrogen-bond acceptors (Lipinski definition) is 1. The summed E-state index contributed by atoms with van der Waals surface area (Å²) in [5.74, 6) is 0.769. The third kappa shape index (κ3) is 3.21. The van der Waals surface area contributed by atoms with Gasteiger partial charge in [0, 0.05) is 6.61 Å². The Labute approximate surface area is 64.8 Å². The van der Waals surface area contributed by atoms with Crippen molar-refractivity contribution in [1.29, 1.82) is 0 Å². The maximum absolute atomic E-state index is 5.45. The number of hydrogen-bond donors (Lipinski definition) is 0. The molecule has 0 aliphatic carbocycles. The second-order valence-electron chi connectivity index (χ2n) is 3.38. The van der Waals surface area contributed by atoms with Crippen LogP contribution in [0.5, 0.6) is 0 Å². The van der Waals surface area contributed by atoms with Crippen molar-refractivity contribution in [2.24, 2.45) is 5.92 Å². The van der Waals surface area contributed by atoms with Gasteiger partial charge in [0.05, 0.1) is 5.60 Å². The van der Waals surface area contributed by atoms with E-state index in [9.17, 15) is 0 Å². The zero-order chi connectivity index (χ0) is 8.20. The summed E-state index contributed by atoms with van der Waals surface area (Å²) in [7, 11) is 0. The zero-order valence-electron chi connectivity index (χ0n) is 7.90. The molecule has 0 bridgehead atoms. The predicted molar refractivity (Wildman–Crippen MR) is 45.2 cm³/mol. The quantitative estimate of drug-likeness (QED) is 0.508. The van der Waals surface area contributed by atoms with E-state index in [1.54, 1.807) is 0 Å². The SMILES string of the molecule is CC.C[C@@H]1COC(C)(C)C1. The fraction of sp³-hybridized carbons (Fsp3) is 1.00. The molecule has 1 heteroatoms. The molecule has 1 nitrogen and oxygen atoms in total. The van der Waals surface area contributed by atoms with Crippen LogP contribution in [0.3, 0.4) is 0 Å². The molecule has 0 saturated carbocycles. The molecule has 0 unspecified atom stereocenters. The topological polar surface area (TPSA) is 9.23 Å². The summed E-state index contributed by atoms with van der Waals surface area (Å²) in [5.41, 5.74) is 0.166. The van der Waals surface area contributed by atoms with Gasteiger partial charge >= 0.3 is 0 Å². The molecule has 0 spiro atoms. The molecule has 0 N–H and O–H groups in total. The third-order valence-electron chi connectivity index (χ3n) is 1.60. The minimum atomic E-state index is 0.166. The zero-order valence-corrected chi connectivity index (χ0v) is 7.90. The minimum Gasteiger partial charge on any atom is -0.375 e. The van der Waals surface area contributed by atoms with Gasteiger partial charge in [-0.1, -0.05) is 20.8 Å². The monoisotopic (exact) mass is 144 g/mol. The lowest BCUT2D eigenvalue weighted by atomic mass is 10.00. The van der Waals surface area contributed by atoms with Gasteiger partial charge < -0.3 is 4.74 Å². The molecule has 1 aliphatic rings. The molecular formula is C9H20O. The summed E-state index contributed by atoms with van der Waals surface area (Å²) >= 11 is 0. The van der Waals surface area contributed by atoms with Crippen molar-refractivity contribution in [3.8, 4) is 0 Å². The molecule has 1 atom stereocenters. The van der Waals surface area contributed by atoms with Gasteiger partial charge in [0.25, 0.3) is 0 Å². The van der Waals surface area contributed by atoms with Gasteiger partial charge in [0.15, 0.2) is 0 Å². The summed E-state index contributed by atoms with van der Waals surface area (Å²) in [6.45, 7) is 11.5. The molecular weight excluding hydrogens is 124 g/mol. The molecule has 1 saturated heterocycles. The first kappa shape index (κ1) is 9.96. The van der Waals surface area contributed by atoms with E-state index in [1.807, 2.05) is 13.8 Å². The highest BCUT2D eigenvalue weighted by Crippen LogP contribution is 2.27. The van der Waals surface area contributed by atoms with Crippen LogP contribution in [0.25, 0.3) is 0 Å². The lowest BCUT2D eigenvalue weighted by molar-refractivity contribution is 0.0353. The van der Waals surface area contributed by atoms with E-state index < -0.39 is 0 Å². The van der Waals surface area contributed by atoms with Crippen LogP contribution in [0, 0.1) is 5.92 Å². The van der Waals surface area contributed by atoms with Gasteiger partial charge in [0.1, 0.15) is 0 Å². The van der Waals surface area contributed by atoms with Crippen LogP contribution in [0.15, 0.2) is 0 Å². The van der Waals surface area contributed by atoms with Crippen molar-refractivity contribution in [3.63, 3.8) is 0 Å². The molecule has 1 fully saturated rings. The Morgan fingerprint density at radius 2 is 1.80 bits per heavy atom. The normalized spacial score (nSPS) is 29.1. The fourth-order valence-corrected chi connectivity index (χ4v) is 1.32. The van der Waals surface area contributed by atoms with Gasteiger partial charge in [-0.3, -0.25) is 0 Å². The molecule has 0 aromatic rings. The molecule has 0 amide bonds. The Bertz CT molecular complexity index is 86.7. The molecule has 0 aromatic heterocycles. The van der Waals surface area contributed by atoms with Crippen molar-refractivity contribution in [1.82, 2.24) is 0 Å². The van der Waals surface area contributed by atoms with E-state index in [0.717, 1.165) is 12.5 Å². The second kappa shape index (κ2) is 3.97. The molecule has 1 aliphatic heterocycles. The molecule has 62 valence electrons. The Morgan fingerprint density at radius 3 is 1.90 bits per heavy atom. The second-order valence-corrected chi connectivity index (χ2v) is 3.38. The highest BCUT2D eigenvalue weighted by atomic mass is 16.5. The van der Waals surface area contributed by atoms with Crippen LogP contribution < -0.4 is 0 Å².